The lowest BCUT2D eigenvalue weighted by atomic mass is 9.79. The molecule has 1 saturated heterocycles. The number of pyridine rings is 2. The molecule has 0 radical (unpaired) electrons. The molecule has 1 aliphatic heterocycles. The normalized spacial score (nSPS) is 24.5. The van der Waals surface area contributed by atoms with E-state index in [0.29, 0.717) is 68.9 Å². The first-order valence-corrected chi connectivity index (χ1v) is 17.7. The van der Waals surface area contributed by atoms with Crippen LogP contribution < -0.4 is 9.64 Å². The van der Waals surface area contributed by atoms with Crippen molar-refractivity contribution in [2.75, 3.05) is 38.3 Å². The summed E-state index contributed by atoms with van der Waals surface area (Å²) in [5.74, 6) is 3.48. The van der Waals surface area contributed by atoms with E-state index in [1.807, 2.05) is 30.0 Å². The highest BCUT2D eigenvalue weighted by Crippen LogP contribution is 2.41. The molecule has 4 aliphatic rings. The average Bonchev–Trinajstić information content (AvgIpc) is 3.82. The topological polar surface area (TPSA) is 131 Å². The summed E-state index contributed by atoms with van der Waals surface area (Å²) in [5.41, 5.74) is 3.69. The highest BCUT2D eigenvalue weighted by Gasteiger charge is 2.37. The van der Waals surface area contributed by atoms with E-state index in [4.69, 9.17) is 28.8 Å². The number of aliphatic hydroxyl groups excluding tert-OH is 1. The number of aromatic nitrogens is 3. The molecule has 48 heavy (non-hydrogen) atoms. The van der Waals surface area contributed by atoms with Crippen molar-refractivity contribution in [2.45, 2.75) is 89.1 Å². The van der Waals surface area contributed by atoms with Crippen LogP contribution in [0, 0.1) is 24.7 Å². The molecule has 11 nitrogen and oxygen atoms in total. The average molecular weight is 658 g/mol. The molecule has 3 aromatic heterocycles. The van der Waals surface area contributed by atoms with Gasteiger partial charge in [-0.15, -0.1) is 0 Å². The second-order valence-electron chi connectivity index (χ2n) is 14.2. The zero-order valence-corrected chi connectivity index (χ0v) is 28.1. The van der Waals surface area contributed by atoms with Gasteiger partial charge in [-0.3, -0.25) is 14.7 Å². The van der Waals surface area contributed by atoms with Gasteiger partial charge in [-0.25, -0.2) is 14.8 Å². The van der Waals surface area contributed by atoms with Crippen molar-refractivity contribution in [3.8, 4) is 17.0 Å². The van der Waals surface area contributed by atoms with Crippen LogP contribution in [0.3, 0.4) is 0 Å². The highest BCUT2D eigenvalue weighted by molar-refractivity contribution is 5.94. The summed E-state index contributed by atoms with van der Waals surface area (Å²) < 4.78 is 17.0. The van der Waals surface area contributed by atoms with Crippen molar-refractivity contribution in [1.29, 1.82) is 0 Å². The summed E-state index contributed by atoms with van der Waals surface area (Å²) in [7, 11) is 1.67. The molecule has 4 fully saturated rings. The molecule has 4 heterocycles. The molecule has 0 spiro atoms. The quantitative estimate of drug-likeness (QED) is 0.269. The van der Waals surface area contributed by atoms with Crippen molar-refractivity contribution in [2.24, 2.45) is 17.8 Å². The van der Waals surface area contributed by atoms with Crippen LogP contribution in [-0.2, 0) is 9.53 Å². The van der Waals surface area contributed by atoms with E-state index < -0.39 is 0 Å². The summed E-state index contributed by atoms with van der Waals surface area (Å²) in [4.78, 5) is 44.8. The molecule has 2 amide bonds. The first-order valence-electron chi connectivity index (χ1n) is 17.7. The third-order valence-corrected chi connectivity index (χ3v) is 10.8. The number of methoxy groups -OCH3 is 1. The number of amides is 2. The van der Waals surface area contributed by atoms with E-state index in [1.165, 1.54) is 0 Å². The van der Waals surface area contributed by atoms with Crippen LogP contribution in [0.15, 0.2) is 41.1 Å². The fourth-order valence-electron chi connectivity index (χ4n) is 7.57. The Morgan fingerprint density at radius 3 is 2.40 bits per heavy atom. The van der Waals surface area contributed by atoms with Gasteiger partial charge in [0.05, 0.1) is 12.8 Å². The summed E-state index contributed by atoms with van der Waals surface area (Å²) >= 11 is 0. The number of anilines is 1. The maximum Gasteiger partial charge on any atom is 0.410 e. The van der Waals surface area contributed by atoms with E-state index in [2.05, 4.69) is 6.07 Å². The van der Waals surface area contributed by atoms with Gasteiger partial charge in [0.15, 0.2) is 5.89 Å². The Hall–Kier alpha value is -3.99. The summed E-state index contributed by atoms with van der Waals surface area (Å²) in [6, 6.07) is 8.00. The zero-order chi connectivity index (χ0) is 33.2. The van der Waals surface area contributed by atoms with Gasteiger partial charge in [0, 0.05) is 67.4 Å². The Labute approximate surface area is 282 Å². The summed E-state index contributed by atoms with van der Waals surface area (Å²) in [6.45, 7) is 3.77. The number of oxazole rings is 1. The first-order chi connectivity index (χ1) is 23.4. The van der Waals surface area contributed by atoms with Crippen LogP contribution >= 0.6 is 0 Å². The number of carbonyl (C=O) groups excluding carboxylic acids is 2. The van der Waals surface area contributed by atoms with Gasteiger partial charge < -0.3 is 23.9 Å². The second-order valence-corrected chi connectivity index (χ2v) is 14.2. The Morgan fingerprint density at radius 1 is 0.958 bits per heavy atom. The van der Waals surface area contributed by atoms with Crippen molar-refractivity contribution >= 4 is 17.8 Å². The monoisotopic (exact) mass is 657 g/mol. The predicted octanol–water partition coefficient (Wildman–Crippen LogP) is 6.25. The third-order valence-electron chi connectivity index (χ3n) is 10.8. The molecular weight excluding hydrogens is 610 g/mol. The fourth-order valence-corrected chi connectivity index (χ4v) is 7.57. The van der Waals surface area contributed by atoms with Crippen molar-refractivity contribution < 1.29 is 28.6 Å². The fraction of sp³-hybridized carbons (Fsp3) is 0.595. The molecule has 1 N–H and O–H groups in total. The van der Waals surface area contributed by atoms with Crippen LogP contribution in [0.2, 0.25) is 0 Å². The van der Waals surface area contributed by atoms with Gasteiger partial charge in [0.1, 0.15) is 29.6 Å². The second kappa shape index (κ2) is 14.2. The number of aliphatic hydroxyl groups is 1. The maximum atomic E-state index is 14.4. The Bertz CT molecular complexity index is 1580. The number of hydrogen-bond acceptors (Lipinski definition) is 9. The molecule has 3 aliphatic carbocycles. The Balaban J connectivity index is 1.03. The summed E-state index contributed by atoms with van der Waals surface area (Å²) in [5, 5.41) is 9.27. The smallest absolute Gasteiger partial charge is 0.410 e. The van der Waals surface area contributed by atoms with Gasteiger partial charge in [-0.2, -0.15) is 0 Å². The van der Waals surface area contributed by atoms with Crippen molar-refractivity contribution in [3.63, 3.8) is 0 Å². The van der Waals surface area contributed by atoms with Gasteiger partial charge in [-0.05, 0) is 101 Å². The lowest BCUT2D eigenvalue weighted by molar-refractivity contribution is -0.124. The molecule has 0 atom stereocenters. The van der Waals surface area contributed by atoms with E-state index in [1.54, 1.807) is 24.5 Å². The standard InChI is InChI=1S/C37H47N5O6/c1-23-33(46-2)14-13-31(39-23)26-5-3-24(4-6-26)20-42(34-17-29(15-16-38-34)32-22-47-35(40-32)27-7-8-27)36(44)28-9-11-30(12-10-28)48-37(45)41-18-25(19-41)21-43/h13-17,22,24-28,30,43H,3-12,18-21H2,1-2H3. The summed E-state index contributed by atoms with van der Waals surface area (Å²) in [6.07, 6.45) is 11.9. The molecule has 3 saturated carbocycles. The minimum Gasteiger partial charge on any atom is -0.495 e. The van der Waals surface area contributed by atoms with Crippen LogP contribution in [0.5, 0.6) is 5.75 Å². The Morgan fingerprint density at radius 2 is 1.71 bits per heavy atom. The molecule has 0 bridgehead atoms. The van der Waals surface area contributed by atoms with Crippen LogP contribution in [0.1, 0.15) is 93.3 Å². The lowest BCUT2D eigenvalue weighted by Gasteiger charge is -2.39. The Kier molecular flexibility index (Phi) is 9.66. The largest absolute Gasteiger partial charge is 0.495 e. The lowest BCUT2D eigenvalue weighted by Crippen LogP contribution is -2.52. The van der Waals surface area contributed by atoms with Crippen LogP contribution in [-0.4, -0.2) is 76.4 Å². The number of likely N-dealkylation sites (tertiary alicyclic amines) is 1. The number of carbonyl (C=O) groups is 2. The van der Waals surface area contributed by atoms with E-state index in [9.17, 15) is 14.7 Å². The maximum absolute atomic E-state index is 14.4. The van der Waals surface area contributed by atoms with Crippen molar-refractivity contribution in [1.82, 2.24) is 19.9 Å². The van der Waals surface area contributed by atoms with Crippen molar-refractivity contribution in [3.05, 3.63) is 54.0 Å². The van der Waals surface area contributed by atoms with E-state index in [0.717, 1.165) is 72.8 Å². The van der Waals surface area contributed by atoms with Crippen LogP contribution in [0.25, 0.3) is 11.3 Å². The van der Waals surface area contributed by atoms with E-state index in [-0.39, 0.29) is 36.5 Å². The number of hydrogen-bond donors (Lipinski definition) is 1. The van der Waals surface area contributed by atoms with Gasteiger partial charge in [0.25, 0.3) is 0 Å². The van der Waals surface area contributed by atoms with E-state index >= 15 is 0 Å². The van der Waals surface area contributed by atoms with Gasteiger partial charge in [0.2, 0.25) is 5.91 Å². The minimum atomic E-state index is -0.314. The molecule has 11 heteroatoms. The molecule has 256 valence electrons. The number of aryl methyl sites for hydroxylation is 1. The number of nitrogens with zero attached hydrogens (tertiary/aromatic N) is 5. The molecule has 0 aromatic carbocycles. The molecule has 3 aromatic rings. The molecule has 7 rings (SSSR count). The van der Waals surface area contributed by atoms with Crippen LogP contribution in [0.4, 0.5) is 10.6 Å². The number of rotatable bonds is 10. The highest BCUT2D eigenvalue weighted by atomic mass is 16.6. The predicted molar refractivity (Wildman–Crippen MR) is 179 cm³/mol. The minimum absolute atomic E-state index is 0.0892. The first kappa shape index (κ1) is 32.6. The molecular formula is C37H47N5O6. The zero-order valence-electron chi connectivity index (χ0n) is 28.1. The number of ether oxygens (including phenoxy) is 2. The van der Waals surface area contributed by atoms with Gasteiger partial charge in [-0.1, -0.05) is 0 Å². The van der Waals surface area contributed by atoms with Gasteiger partial charge >= 0.3 is 6.09 Å². The third kappa shape index (κ3) is 7.21. The SMILES string of the molecule is COc1ccc(C2CCC(CN(C(=O)C3CCC(OC(=O)N4CC(CO)C4)CC3)c3cc(-c4coc(C5CC5)n4)ccn3)CC2)nc1C. The molecule has 0 unspecified atom stereocenters.